The lowest BCUT2D eigenvalue weighted by molar-refractivity contribution is 0.112. The van der Waals surface area contributed by atoms with E-state index in [4.69, 9.17) is 1.43 Å². The molecule has 0 atom stereocenters. The molecule has 0 saturated carbocycles. The number of benzene rings is 1. The van der Waals surface area contributed by atoms with Crippen molar-refractivity contribution in [2.45, 2.75) is 0 Å². The molecule has 0 aliphatic carbocycles. The zero-order chi connectivity index (χ0) is 7.40. The van der Waals surface area contributed by atoms with E-state index in [9.17, 15) is 4.79 Å². The Labute approximate surface area is 54.2 Å². The molecule has 1 rings (SSSR count). The Morgan fingerprint density at radius 3 is 2.56 bits per heavy atom. The molecule has 1 N–H and O–H groups in total. The summed E-state index contributed by atoms with van der Waals surface area (Å²) in [7, 11) is 0. The fourth-order valence-electron chi connectivity index (χ4n) is 0.546. The molecule has 0 radical (unpaired) electrons. The van der Waals surface area contributed by atoms with Crippen molar-refractivity contribution in [1.29, 1.82) is 1.43 Å². The van der Waals surface area contributed by atoms with E-state index in [1.165, 1.54) is 0 Å². The summed E-state index contributed by atoms with van der Waals surface area (Å²) in [5.74, 6) is 0.436. The molecule has 1 aromatic carbocycles. The Morgan fingerprint density at radius 2 is 2.11 bits per heavy atom. The van der Waals surface area contributed by atoms with Crippen LogP contribution in [-0.4, -0.2) is 12.8 Å². The Kier molecular flexibility index (Phi) is 1.17. The smallest absolute Gasteiger partial charge is 0.293 e. The maximum Gasteiger partial charge on any atom is 0.293 e. The van der Waals surface area contributed by atoms with E-state index in [1.807, 2.05) is 0 Å². The molecule has 0 unspecified atom stereocenters. The number of carbonyl (C=O) groups excluding carboxylic acids is 1. The van der Waals surface area contributed by atoms with Gasteiger partial charge in [0.2, 0.25) is 0 Å². The van der Waals surface area contributed by atoms with Gasteiger partial charge in [0.1, 0.15) is 12.0 Å². The lowest BCUT2D eigenvalue weighted by Gasteiger charge is -1.88. The fraction of sp³-hybridized carbons (Fsp3) is 0. The molecule has 2 nitrogen and oxygen atoms in total. The van der Waals surface area contributed by atoms with Gasteiger partial charge in [-0.1, -0.05) is 0 Å². The minimum atomic E-state index is 0.436. The minimum Gasteiger partial charge on any atom is -0.508 e. The minimum absolute atomic E-state index is 0.436. The van der Waals surface area contributed by atoms with Crippen LogP contribution in [0.4, 0.5) is 0 Å². The van der Waals surface area contributed by atoms with Crippen molar-refractivity contribution >= 4 is 6.29 Å². The second-order valence-corrected chi connectivity index (χ2v) is 1.69. The highest BCUT2D eigenvalue weighted by atomic mass is 16.3. The summed E-state index contributed by atoms with van der Waals surface area (Å²) in [6.45, 7) is 0. The molecule has 0 aromatic heterocycles. The van der Waals surface area contributed by atoms with E-state index < -0.39 is 0 Å². The van der Waals surface area contributed by atoms with Crippen LogP contribution in [-0.2, 0) is 0 Å². The van der Waals surface area contributed by atoms with Crippen LogP contribution >= 0.6 is 0 Å². The monoisotopic (exact) mass is 123 g/mol. The lowest BCUT2D eigenvalue weighted by Crippen LogP contribution is -1.74. The molecule has 0 bridgehead atoms. The first-order chi connectivity index (χ1) is 4.86. The van der Waals surface area contributed by atoms with Gasteiger partial charge in [0, 0.05) is 5.56 Å². The van der Waals surface area contributed by atoms with Crippen molar-refractivity contribution < 1.29 is 9.90 Å². The van der Waals surface area contributed by atoms with Gasteiger partial charge in [-0.15, -0.1) is 0 Å². The number of hydrogen-bond donors (Lipinski definition) is 1. The van der Waals surface area contributed by atoms with Crippen molar-refractivity contribution in [2.24, 2.45) is 0 Å². The number of aromatic hydroxyl groups is 1. The summed E-state index contributed by atoms with van der Waals surface area (Å²) >= 11 is 0. The number of rotatable bonds is 2. The molecule has 2 heteroatoms. The van der Waals surface area contributed by atoms with Crippen LogP contribution in [0.5, 0.6) is 5.75 Å². The maximum absolute atomic E-state index is 10.1. The van der Waals surface area contributed by atoms with Crippen LogP contribution in [0.25, 0.3) is 0 Å². The molecule has 0 aliphatic heterocycles. The zero-order valence-electron chi connectivity index (χ0n) is 5.70. The van der Waals surface area contributed by atoms with Gasteiger partial charge in [0.05, 0.1) is 0 Å². The van der Waals surface area contributed by atoms with Crippen molar-refractivity contribution in [3.8, 4) is 5.75 Å². The first kappa shape index (κ1) is 4.56. The van der Waals surface area contributed by atoms with E-state index in [2.05, 4.69) is 5.11 Å². The third-order valence-electron chi connectivity index (χ3n) is 1.02. The van der Waals surface area contributed by atoms with Crippen LogP contribution in [0.15, 0.2) is 24.3 Å². The zero-order valence-corrected chi connectivity index (χ0v) is 4.70. The van der Waals surface area contributed by atoms with E-state index >= 15 is 0 Å². The SMILES string of the molecule is [2H]Oc1ccc(C=O)cc1. The summed E-state index contributed by atoms with van der Waals surface area (Å²) < 4.78 is 6.48. The first-order valence-electron chi connectivity index (χ1n) is 2.96. The van der Waals surface area contributed by atoms with E-state index in [0.717, 1.165) is 6.29 Å². The molecule has 0 fully saturated rings. The topological polar surface area (TPSA) is 37.3 Å². The van der Waals surface area contributed by atoms with Gasteiger partial charge in [0.15, 0.2) is 0 Å². The molecule has 46 valence electrons. The van der Waals surface area contributed by atoms with Crippen molar-refractivity contribution in [1.82, 2.24) is 0 Å². The second-order valence-electron chi connectivity index (χ2n) is 1.69. The van der Waals surface area contributed by atoms with Crippen molar-refractivity contribution in [2.75, 3.05) is 0 Å². The fourth-order valence-corrected chi connectivity index (χ4v) is 0.546. The average molecular weight is 123 g/mol. The number of hydrogen-bond acceptors (Lipinski definition) is 2. The molecule has 0 amide bonds. The van der Waals surface area contributed by atoms with Gasteiger partial charge in [-0.05, 0) is 24.3 Å². The van der Waals surface area contributed by atoms with Gasteiger partial charge in [-0.3, -0.25) is 4.79 Å². The quantitative estimate of drug-likeness (QED) is 0.600. The van der Waals surface area contributed by atoms with Crippen molar-refractivity contribution in [3.05, 3.63) is 29.8 Å². The first-order valence-corrected chi connectivity index (χ1v) is 2.55. The lowest BCUT2D eigenvalue weighted by atomic mass is 10.2. The summed E-state index contributed by atoms with van der Waals surface area (Å²) in [6.07, 6.45) is 0.744. The Balaban J connectivity index is 2.90. The summed E-state index contributed by atoms with van der Waals surface area (Å²) in [5, 5.41) is 4.15. The Hall–Kier alpha value is -1.31. The molecule has 1 aromatic rings. The van der Waals surface area contributed by atoms with Gasteiger partial charge in [0.25, 0.3) is 1.43 Å². The van der Waals surface area contributed by atoms with Crippen LogP contribution < -0.4 is 0 Å². The molecule has 9 heavy (non-hydrogen) atoms. The highest BCUT2D eigenvalue weighted by molar-refractivity contribution is 5.74. The number of phenols is 1. The molecule has 0 aliphatic rings. The molecule has 0 saturated heterocycles. The third-order valence-corrected chi connectivity index (χ3v) is 1.02. The summed E-state index contributed by atoms with van der Waals surface area (Å²) in [4.78, 5) is 10.1. The standard InChI is InChI=1S/C7H6O2/c8-5-6-1-3-7(9)4-2-6/h1-5,9H/i/hD. The predicted octanol–water partition coefficient (Wildman–Crippen LogP) is 1.20. The summed E-state index contributed by atoms with van der Waals surface area (Å²) in [6, 6.07) is 6.32. The largest absolute Gasteiger partial charge is 0.508 e. The summed E-state index contributed by atoms with van der Waals surface area (Å²) in [5.41, 5.74) is 0.584. The Bertz CT molecular complexity index is 218. The van der Waals surface area contributed by atoms with Crippen molar-refractivity contribution in [3.63, 3.8) is 0 Å². The number of phenolic OH excluding ortho intramolecular Hbond substituents is 1. The highest BCUT2D eigenvalue weighted by Gasteiger charge is 1.86. The van der Waals surface area contributed by atoms with Crippen LogP contribution in [0.1, 0.15) is 10.4 Å². The predicted molar refractivity (Wildman–Crippen MR) is 33.5 cm³/mol. The number of aldehydes is 1. The molecular weight excluding hydrogens is 116 g/mol. The number of carbonyl (C=O) groups is 1. The normalized spacial score (nSPS) is 10.0. The van der Waals surface area contributed by atoms with Crippen LogP contribution in [0, 0.1) is 0 Å². The maximum atomic E-state index is 10.1. The van der Waals surface area contributed by atoms with Gasteiger partial charge >= 0.3 is 0 Å². The van der Waals surface area contributed by atoms with Crippen LogP contribution in [0.2, 0.25) is 0 Å². The Morgan fingerprint density at radius 1 is 1.44 bits per heavy atom. The average Bonchev–Trinajstić information content (AvgIpc) is 2.05. The second kappa shape index (κ2) is 2.31. The van der Waals surface area contributed by atoms with Crippen LogP contribution in [0.3, 0.4) is 0 Å². The molecular formula is C7H6O2. The van der Waals surface area contributed by atoms with E-state index in [0.29, 0.717) is 11.3 Å². The molecule has 0 spiro atoms. The molecule has 0 heterocycles. The van der Waals surface area contributed by atoms with Gasteiger partial charge in [-0.25, -0.2) is 0 Å². The van der Waals surface area contributed by atoms with E-state index in [-0.39, 0.29) is 0 Å². The van der Waals surface area contributed by atoms with E-state index in [1.54, 1.807) is 24.3 Å². The third kappa shape index (κ3) is 1.29. The van der Waals surface area contributed by atoms with Gasteiger partial charge in [-0.2, -0.15) is 0 Å². The van der Waals surface area contributed by atoms with Gasteiger partial charge < -0.3 is 5.11 Å². The highest BCUT2D eigenvalue weighted by Crippen LogP contribution is 2.07.